The minimum atomic E-state index is -0.920. The third kappa shape index (κ3) is 4.81. The zero-order valence-corrected chi connectivity index (χ0v) is 20.9. The van der Waals surface area contributed by atoms with Gasteiger partial charge in [-0.05, 0) is 28.7 Å². The lowest BCUT2D eigenvalue weighted by atomic mass is 9.87. The molecule has 4 aromatic rings. The number of aromatic nitrogens is 2. The Kier molecular flexibility index (Phi) is 6.94. The van der Waals surface area contributed by atoms with E-state index in [2.05, 4.69) is 16.7 Å². The van der Waals surface area contributed by atoms with Gasteiger partial charge in [0.2, 0.25) is 0 Å². The molecule has 0 amide bonds. The van der Waals surface area contributed by atoms with Gasteiger partial charge in [0, 0.05) is 25.1 Å². The molecule has 6 heteroatoms. The molecule has 36 heavy (non-hydrogen) atoms. The van der Waals surface area contributed by atoms with Gasteiger partial charge in [-0.3, -0.25) is 0 Å². The summed E-state index contributed by atoms with van der Waals surface area (Å²) in [6.07, 6.45) is 7.40. The zero-order valence-electron chi connectivity index (χ0n) is 20.9. The van der Waals surface area contributed by atoms with Crippen molar-refractivity contribution in [2.24, 2.45) is 5.92 Å². The van der Waals surface area contributed by atoms with Crippen molar-refractivity contribution in [2.45, 2.75) is 45.1 Å². The quantitative estimate of drug-likeness (QED) is 0.305. The van der Waals surface area contributed by atoms with Gasteiger partial charge in [-0.1, -0.05) is 74.6 Å². The second-order valence-electron chi connectivity index (χ2n) is 9.57. The molecule has 3 aromatic carbocycles. The molecule has 0 aliphatic heterocycles. The van der Waals surface area contributed by atoms with Gasteiger partial charge in [0.1, 0.15) is 5.82 Å². The highest BCUT2D eigenvalue weighted by atomic mass is 16.5. The van der Waals surface area contributed by atoms with Gasteiger partial charge in [0.05, 0.1) is 30.8 Å². The van der Waals surface area contributed by atoms with Crippen molar-refractivity contribution in [1.82, 2.24) is 9.55 Å². The monoisotopic (exact) mass is 484 g/mol. The SMILES string of the molecule is COc1cc2nc(CC3CCCCC3)n(Cc3ccc(-c4ccccc4C(=O)O)cc3)c2cc1OC. The molecule has 1 saturated carbocycles. The molecule has 1 aromatic heterocycles. The fourth-order valence-electron chi connectivity index (χ4n) is 5.38. The number of benzene rings is 3. The first kappa shape index (κ1) is 23.9. The molecule has 0 radical (unpaired) electrons. The number of hydrogen-bond donors (Lipinski definition) is 1. The Morgan fingerprint density at radius 2 is 1.67 bits per heavy atom. The van der Waals surface area contributed by atoms with E-state index in [-0.39, 0.29) is 0 Å². The van der Waals surface area contributed by atoms with Crippen molar-refractivity contribution in [3.63, 3.8) is 0 Å². The highest BCUT2D eigenvalue weighted by molar-refractivity contribution is 5.96. The largest absolute Gasteiger partial charge is 0.493 e. The molecule has 0 saturated heterocycles. The number of rotatable bonds is 8. The Morgan fingerprint density at radius 1 is 0.972 bits per heavy atom. The molecule has 1 heterocycles. The van der Waals surface area contributed by atoms with Crippen LogP contribution in [-0.2, 0) is 13.0 Å². The third-order valence-corrected chi connectivity index (χ3v) is 7.29. The molecule has 1 aliphatic carbocycles. The Bertz CT molecular complexity index is 1370. The summed E-state index contributed by atoms with van der Waals surface area (Å²) in [5, 5.41) is 9.57. The van der Waals surface area contributed by atoms with Crippen molar-refractivity contribution in [3.8, 4) is 22.6 Å². The predicted octanol–water partition coefficient (Wildman–Crippen LogP) is 6.59. The van der Waals surface area contributed by atoms with Gasteiger partial charge in [0.25, 0.3) is 0 Å². The molecule has 1 fully saturated rings. The lowest BCUT2D eigenvalue weighted by molar-refractivity contribution is 0.0697. The number of ether oxygens (including phenoxy) is 2. The summed E-state index contributed by atoms with van der Waals surface area (Å²) in [5.41, 5.74) is 4.98. The van der Waals surface area contributed by atoms with Gasteiger partial charge in [-0.15, -0.1) is 0 Å². The number of aromatic carboxylic acids is 1. The van der Waals surface area contributed by atoms with Gasteiger partial charge >= 0.3 is 5.97 Å². The molecular weight excluding hydrogens is 452 g/mol. The van der Waals surface area contributed by atoms with Crippen LogP contribution in [0.3, 0.4) is 0 Å². The first-order valence-corrected chi connectivity index (χ1v) is 12.6. The van der Waals surface area contributed by atoms with Crippen LogP contribution >= 0.6 is 0 Å². The normalized spacial score (nSPS) is 14.2. The molecule has 0 unspecified atom stereocenters. The van der Waals surface area contributed by atoms with Crippen molar-refractivity contribution in [2.75, 3.05) is 14.2 Å². The van der Waals surface area contributed by atoms with Crippen LogP contribution < -0.4 is 9.47 Å². The second kappa shape index (κ2) is 10.4. The molecule has 5 rings (SSSR count). The van der Waals surface area contributed by atoms with Gasteiger partial charge in [-0.2, -0.15) is 0 Å². The first-order chi connectivity index (χ1) is 17.6. The fraction of sp³-hybridized carbons (Fsp3) is 0.333. The highest BCUT2D eigenvalue weighted by Crippen LogP contribution is 2.35. The van der Waals surface area contributed by atoms with E-state index in [0.29, 0.717) is 29.5 Å². The molecule has 186 valence electrons. The van der Waals surface area contributed by atoms with Crippen LogP contribution in [0.2, 0.25) is 0 Å². The van der Waals surface area contributed by atoms with Crippen LogP contribution in [0, 0.1) is 5.92 Å². The summed E-state index contributed by atoms with van der Waals surface area (Å²) in [4.78, 5) is 16.7. The molecule has 0 atom stereocenters. The van der Waals surface area contributed by atoms with Crippen LogP contribution in [0.25, 0.3) is 22.2 Å². The molecule has 1 N–H and O–H groups in total. The van der Waals surface area contributed by atoms with E-state index in [9.17, 15) is 9.90 Å². The second-order valence-corrected chi connectivity index (χ2v) is 9.57. The summed E-state index contributed by atoms with van der Waals surface area (Å²) in [6, 6.07) is 19.2. The van der Waals surface area contributed by atoms with E-state index in [1.807, 2.05) is 36.4 Å². The lowest BCUT2D eigenvalue weighted by Crippen LogP contribution is -2.14. The summed E-state index contributed by atoms with van der Waals surface area (Å²) in [7, 11) is 3.30. The van der Waals surface area contributed by atoms with Gasteiger partial charge in [0.15, 0.2) is 11.5 Å². The number of carboxylic acids is 1. The van der Waals surface area contributed by atoms with Crippen LogP contribution in [0.4, 0.5) is 0 Å². The van der Waals surface area contributed by atoms with E-state index in [1.165, 1.54) is 32.1 Å². The smallest absolute Gasteiger partial charge is 0.336 e. The zero-order chi connectivity index (χ0) is 25.1. The van der Waals surface area contributed by atoms with E-state index >= 15 is 0 Å². The molecule has 1 aliphatic rings. The van der Waals surface area contributed by atoms with E-state index in [0.717, 1.165) is 40.0 Å². The molecule has 6 nitrogen and oxygen atoms in total. The number of hydrogen-bond acceptors (Lipinski definition) is 4. The van der Waals surface area contributed by atoms with E-state index in [1.54, 1.807) is 26.4 Å². The van der Waals surface area contributed by atoms with Crippen molar-refractivity contribution in [3.05, 3.63) is 77.6 Å². The van der Waals surface area contributed by atoms with E-state index in [4.69, 9.17) is 14.5 Å². The number of carboxylic acid groups (broad SMARTS) is 1. The maximum absolute atomic E-state index is 11.7. The maximum atomic E-state index is 11.7. The van der Waals surface area contributed by atoms with Crippen molar-refractivity contribution in [1.29, 1.82) is 0 Å². The van der Waals surface area contributed by atoms with Crippen LogP contribution in [0.5, 0.6) is 11.5 Å². The number of imidazole rings is 1. The minimum absolute atomic E-state index is 0.307. The Labute approximate surface area is 211 Å². The lowest BCUT2D eigenvalue weighted by Gasteiger charge is -2.21. The summed E-state index contributed by atoms with van der Waals surface area (Å²) in [5.74, 6) is 2.20. The highest BCUT2D eigenvalue weighted by Gasteiger charge is 2.21. The van der Waals surface area contributed by atoms with Gasteiger partial charge < -0.3 is 19.1 Å². The Morgan fingerprint density at radius 3 is 2.36 bits per heavy atom. The van der Waals surface area contributed by atoms with Gasteiger partial charge in [-0.25, -0.2) is 9.78 Å². The first-order valence-electron chi connectivity index (χ1n) is 12.6. The fourth-order valence-corrected chi connectivity index (χ4v) is 5.38. The molecular formula is C30H32N2O4. The van der Waals surface area contributed by atoms with Crippen LogP contribution in [-0.4, -0.2) is 34.8 Å². The van der Waals surface area contributed by atoms with Crippen molar-refractivity contribution < 1.29 is 19.4 Å². The van der Waals surface area contributed by atoms with Crippen molar-refractivity contribution >= 4 is 17.0 Å². The van der Waals surface area contributed by atoms with Crippen LogP contribution in [0.1, 0.15) is 53.8 Å². The average molecular weight is 485 g/mol. The topological polar surface area (TPSA) is 73.6 Å². The standard InChI is InChI=1S/C30H32N2O4/c1-35-27-17-25-26(18-28(27)36-2)32(29(31-25)16-20-8-4-3-5-9-20)19-21-12-14-22(15-13-21)23-10-6-7-11-24(23)30(33)34/h6-7,10-15,17-18,20H,3-5,8-9,16,19H2,1-2H3,(H,33,34). The molecule has 0 bridgehead atoms. The third-order valence-electron chi connectivity index (χ3n) is 7.29. The molecule has 0 spiro atoms. The maximum Gasteiger partial charge on any atom is 0.336 e. The predicted molar refractivity (Wildman–Crippen MR) is 141 cm³/mol. The number of methoxy groups -OCH3 is 2. The van der Waals surface area contributed by atoms with E-state index < -0.39 is 5.97 Å². The van der Waals surface area contributed by atoms with Crippen LogP contribution in [0.15, 0.2) is 60.7 Å². The Balaban J connectivity index is 1.51. The number of fused-ring (bicyclic) bond motifs is 1. The summed E-state index contributed by atoms with van der Waals surface area (Å²) in [6.45, 7) is 0.675. The summed E-state index contributed by atoms with van der Waals surface area (Å²) < 4.78 is 13.4. The summed E-state index contributed by atoms with van der Waals surface area (Å²) >= 11 is 0. The number of carbonyl (C=O) groups is 1. The average Bonchev–Trinajstić information content (AvgIpc) is 3.24. The number of nitrogens with zero attached hydrogens (tertiary/aromatic N) is 2. The Hall–Kier alpha value is -3.80. The minimum Gasteiger partial charge on any atom is -0.493 e.